The fourth-order valence-electron chi connectivity index (χ4n) is 1.14. The first kappa shape index (κ1) is 11.4. The molecule has 1 aromatic rings. The molecule has 1 heterocycles. The number of hydrogen-bond acceptors (Lipinski definition) is 4. The molecule has 0 fully saturated rings. The van der Waals surface area contributed by atoms with Crippen LogP contribution in [0.4, 0.5) is 0 Å². The molecule has 0 amide bonds. The third-order valence-corrected chi connectivity index (χ3v) is 3.54. The van der Waals surface area contributed by atoms with Gasteiger partial charge in [0.25, 0.3) is 10.0 Å². The first-order chi connectivity index (χ1) is 7.59. The molecule has 1 N–H and O–H groups in total. The zero-order valence-electron chi connectivity index (χ0n) is 8.08. The fourth-order valence-corrected chi connectivity index (χ4v) is 2.37. The van der Waals surface area contributed by atoms with Crippen LogP contribution in [0.2, 0.25) is 0 Å². The summed E-state index contributed by atoms with van der Waals surface area (Å²) in [4.78, 5) is 7.21. The smallest absolute Gasteiger partial charge is 0.256 e. The number of rotatable bonds is 3. The number of alkyl halides is 1. The van der Waals surface area contributed by atoms with E-state index in [0.717, 1.165) is 5.17 Å². The number of sulfonamides is 1. The SMILES string of the molecule is O=S(=O)(NN1OC=CC1Cl)c1ccccc1. The van der Waals surface area contributed by atoms with Crippen molar-refractivity contribution in [1.82, 2.24) is 10.0 Å². The summed E-state index contributed by atoms with van der Waals surface area (Å²) >= 11 is 5.76. The Labute approximate surface area is 98.2 Å². The Morgan fingerprint density at radius 1 is 1.31 bits per heavy atom. The third kappa shape index (κ3) is 2.35. The molecule has 0 radical (unpaired) electrons. The number of hydroxylamine groups is 1. The first-order valence-corrected chi connectivity index (χ1v) is 6.36. The summed E-state index contributed by atoms with van der Waals surface area (Å²) in [7, 11) is -3.65. The second-order valence-electron chi connectivity index (χ2n) is 3.04. The van der Waals surface area contributed by atoms with E-state index in [0.29, 0.717) is 0 Å². The molecule has 1 aliphatic rings. The lowest BCUT2D eigenvalue weighted by Gasteiger charge is -2.18. The van der Waals surface area contributed by atoms with Gasteiger partial charge < -0.3 is 4.84 Å². The van der Waals surface area contributed by atoms with Gasteiger partial charge in [0.15, 0.2) is 5.50 Å². The van der Waals surface area contributed by atoms with Gasteiger partial charge in [-0.05, 0) is 23.4 Å². The van der Waals surface area contributed by atoms with Gasteiger partial charge in [0.05, 0.1) is 4.90 Å². The maximum atomic E-state index is 11.8. The zero-order valence-corrected chi connectivity index (χ0v) is 9.65. The van der Waals surface area contributed by atoms with Crippen LogP contribution in [0, 0.1) is 0 Å². The third-order valence-electron chi connectivity index (χ3n) is 1.90. The molecule has 2 rings (SSSR count). The first-order valence-electron chi connectivity index (χ1n) is 4.44. The molecule has 86 valence electrons. The van der Waals surface area contributed by atoms with E-state index in [2.05, 4.69) is 4.83 Å². The van der Waals surface area contributed by atoms with Crippen molar-refractivity contribution in [2.45, 2.75) is 10.4 Å². The van der Waals surface area contributed by atoms with Crippen LogP contribution in [0.1, 0.15) is 0 Å². The molecule has 0 aromatic heterocycles. The molecule has 1 aromatic carbocycles. The Morgan fingerprint density at radius 2 is 2.00 bits per heavy atom. The van der Waals surface area contributed by atoms with E-state index < -0.39 is 15.5 Å². The molecule has 1 atom stereocenters. The summed E-state index contributed by atoms with van der Waals surface area (Å²) in [6.45, 7) is 0. The van der Waals surface area contributed by atoms with Crippen molar-refractivity contribution in [1.29, 1.82) is 0 Å². The molecule has 0 spiro atoms. The maximum absolute atomic E-state index is 11.8. The Bertz CT molecular complexity index is 489. The summed E-state index contributed by atoms with van der Waals surface area (Å²) in [5.74, 6) is 0. The van der Waals surface area contributed by atoms with Gasteiger partial charge in [-0.25, -0.2) is 8.42 Å². The number of nitrogens with zero attached hydrogens (tertiary/aromatic N) is 1. The quantitative estimate of drug-likeness (QED) is 0.656. The molecule has 1 aliphatic heterocycles. The highest BCUT2D eigenvalue weighted by Crippen LogP contribution is 2.15. The molecule has 0 saturated heterocycles. The van der Waals surface area contributed by atoms with Crippen molar-refractivity contribution < 1.29 is 13.3 Å². The lowest BCUT2D eigenvalue weighted by atomic mass is 10.4. The van der Waals surface area contributed by atoms with E-state index in [9.17, 15) is 8.42 Å². The normalized spacial score (nSPS) is 20.9. The highest BCUT2D eigenvalue weighted by molar-refractivity contribution is 7.89. The van der Waals surface area contributed by atoms with Gasteiger partial charge in [0, 0.05) is 0 Å². The van der Waals surface area contributed by atoms with Crippen molar-refractivity contribution >= 4 is 21.6 Å². The average Bonchev–Trinajstić information content (AvgIpc) is 2.65. The minimum Gasteiger partial charge on any atom is -0.396 e. The number of hydrazine groups is 1. The van der Waals surface area contributed by atoms with Gasteiger partial charge in [-0.3, -0.25) is 0 Å². The fraction of sp³-hybridized carbons (Fsp3) is 0.111. The van der Waals surface area contributed by atoms with E-state index >= 15 is 0 Å². The van der Waals surface area contributed by atoms with Gasteiger partial charge >= 0.3 is 0 Å². The molecule has 0 saturated carbocycles. The minimum absolute atomic E-state index is 0.148. The van der Waals surface area contributed by atoms with E-state index in [4.69, 9.17) is 16.4 Å². The van der Waals surface area contributed by atoms with E-state index in [1.54, 1.807) is 18.2 Å². The molecule has 0 bridgehead atoms. The Morgan fingerprint density at radius 3 is 2.56 bits per heavy atom. The molecule has 5 nitrogen and oxygen atoms in total. The Kier molecular flexibility index (Phi) is 3.15. The van der Waals surface area contributed by atoms with Gasteiger partial charge in [0.2, 0.25) is 0 Å². The molecule has 16 heavy (non-hydrogen) atoms. The van der Waals surface area contributed by atoms with Crippen molar-refractivity contribution in [2.24, 2.45) is 0 Å². The standard InChI is InChI=1S/C9H9ClN2O3S/c10-9-6-7-15-12(9)11-16(13,14)8-4-2-1-3-5-8/h1-7,9,11H. The van der Waals surface area contributed by atoms with Crippen LogP contribution < -0.4 is 4.83 Å². The zero-order chi connectivity index (χ0) is 11.6. The number of nitrogens with one attached hydrogen (secondary N) is 1. The van der Waals surface area contributed by atoms with Crippen molar-refractivity contribution in [3.05, 3.63) is 42.7 Å². The molecule has 1 unspecified atom stereocenters. The lowest BCUT2D eigenvalue weighted by molar-refractivity contribution is -0.107. The van der Waals surface area contributed by atoms with Crippen LogP contribution in [0.15, 0.2) is 47.6 Å². The van der Waals surface area contributed by atoms with Gasteiger partial charge in [-0.2, -0.15) is 0 Å². The van der Waals surface area contributed by atoms with Crippen molar-refractivity contribution in [3.63, 3.8) is 0 Å². The van der Waals surface area contributed by atoms with Crippen molar-refractivity contribution in [2.75, 3.05) is 0 Å². The van der Waals surface area contributed by atoms with Crippen LogP contribution in [0.3, 0.4) is 0 Å². The van der Waals surface area contributed by atoms with E-state index in [-0.39, 0.29) is 4.90 Å². The Balaban J connectivity index is 2.15. The van der Waals surface area contributed by atoms with Gasteiger partial charge in [-0.1, -0.05) is 29.8 Å². The van der Waals surface area contributed by atoms with Gasteiger partial charge in [0.1, 0.15) is 6.26 Å². The van der Waals surface area contributed by atoms with Crippen LogP contribution in [0.25, 0.3) is 0 Å². The highest BCUT2D eigenvalue weighted by atomic mass is 35.5. The van der Waals surface area contributed by atoms with Crippen LogP contribution in [0.5, 0.6) is 0 Å². The number of benzene rings is 1. The molecule has 7 heteroatoms. The van der Waals surface area contributed by atoms with Crippen LogP contribution in [-0.4, -0.2) is 19.1 Å². The molecular formula is C9H9ClN2O3S. The second kappa shape index (κ2) is 4.42. The topological polar surface area (TPSA) is 58.6 Å². The summed E-state index contributed by atoms with van der Waals surface area (Å²) < 4.78 is 23.6. The largest absolute Gasteiger partial charge is 0.396 e. The predicted molar refractivity (Wildman–Crippen MR) is 58.5 cm³/mol. The van der Waals surface area contributed by atoms with Crippen LogP contribution >= 0.6 is 11.6 Å². The average molecular weight is 261 g/mol. The lowest BCUT2D eigenvalue weighted by Crippen LogP contribution is -2.42. The second-order valence-corrected chi connectivity index (χ2v) is 5.15. The maximum Gasteiger partial charge on any atom is 0.256 e. The monoisotopic (exact) mass is 260 g/mol. The highest BCUT2D eigenvalue weighted by Gasteiger charge is 2.25. The van der Waals surface area contributed by atoms with Gasteiger partial charge in [-0.15, -0.1) is 4.83 Å². The number of halogens is 1. The summed E-state index contributed by atoms with van der Waals surface area (Å²) in [6.07, 6.45) is 2.82. The molecular weight excluding hydrogens is 252 g/mol. The van der Waals surface area contributed by atoms with Crippen LogP contribution in [-0.2, 0) is 14.9 Å². The Hall–Kier alpha value is -1.08. The minimum atomic E-state index is -3.65. The summed E-state index contributed by atoms with van der Waals surface area (Å²) in [5, 5.41) is 0.948. The number of hydrogen-bond donors (Lipinski definition) is 1. The summed E-state index contributed by atoms with van der Waals surface area (Å²) in [6, 6.07) is 7.97. The van der Waals surface area contributed by atoms with E-state index in [1.165, 1.54) is 24.5 Å². The van der Waals surface area contributed by atoms with Crippen molar-refractivity contribution in [3.8, 4) is 0 Å². The summed E-state index contributed by atoms with van der Waals surface area (Å²) in [5.41, 5.74) is -0.654. The predicted octanol–water partition coefficient (Wildman–Crippen LogP) is 1.21. The molecule has 0 aliphatic carbocycles. The van der Waals surface area contributed by atoms with E-state index in [1.807, 2.05) is 0 Å².